The fourth-order valence-electron chi connectivity index (χ4n) is 2.92. The number of carbonyl (C=O) groups excluding carboxylic acids is 1. The van der Waals surface area contributed by atoms with E-state index in [9.17, 15) is 9.59 Å². The number of amides is 1. The largest absolute Gasteiger partial charge is 0.481 e. The molecule has 0 aliphatic heterocycles. The van der Waals surface area contributed by atoms with Crippen molar-refractivity contribution in [3.63, 3.8) is 0 Å². The van der Waals surface area contributed by atoms with E-state index in [0.717, 1.165) is 32.7 Å². The van der Waals surface area contributed by atoms with Crippen molar-refractivity contribution in [1.29, 1.82) is 0 Å². The number of hydrogen-bond acceptors (Lipinski definition) is 4. The van der Waals surface area contributed by atoms with E-state index in [1.165, 1.54) is 0 Å². The van der Waals surface area contributed by atoms with Crippen molar-refractivity contribution in [2.75, 3.05) is 5.32 Å². The standard InChI is InChI=1S/C20H22N2O3S/c1-5-17(25-15-9-12(2)8-13(3)10-15)19(23)21-14-6-7-16-18(11-14)26-20(24)22(16)4/h6-11,17H,5H2,1-4H3,(H,21,23). The van der Waals surface area contributed by atoms with Gasteiger partial charge >= 0.3 is 4.87 Å². The first-order chi connectivity index (χ1) is 12.4. The van der Waals surface area contributed by atoms with Crippen molar-refractivity contribution in [2.45, 2.75) is 33.3 Å². The second-order valence-corrected chi connectivity index (χ2v) is 7.43. The summed E-state index contributed by atoms with van der Waals surface area (Å²) in [4.78, 5) is 24.4. The Morgan fingerprint density at radius 3 is 2.54 bits per heavy atom. The van der Waals surface area contributed by atoms with Gasteiger partial charge in [-0.2, -0.15) is 0 Å². The van der Waals surface area contributed by atoms with Gasteiger partial charge in [0.2, 0.25) is 0 Å². The maximum absolute atomic E-state index is 12.6. The van der Waals surface area contributed by atoms with Crippen molar-refractivity contribution in [3.8, 4) is 5.75 Å². The van der Waals surface area contributed by atoms with Crippen molar-refractivity contribution in [2.24, 2.45) is 7.05 Å². The molecule has 0 saturated carbocycles. The molecule has 1 amide bonds. The summed E-state index contributed by atoms with van der Waals surface area (Å²) in [6.07, 6.45) is -0.0267. The molecular weight excluding hydrogens is 348 g/mol. The van der Waals surface area contributed by atoms with Crippen LogP contribution in [-0.4, -0.2) is 16.6 Å². The van der Waals surface area contributed by atoms with Gasteiger partial charge in [0.05, 0.1) is 10.2 Å². The van der Waals surface area contributed by atoms with Crippen LogP contribution in [0.3, 0.4) is 0 Å². The van der Waals surface area contributed by atoms with Gasteiger partial charge < -0.3 is 14.6 Å². The van der Waals surface area contributed by atoms with E-state index in [-0.39, 0.29) is 10.8 Å². The summed E-state index contributed by atoms with van der Waals surface area (Å²) in [6.45, 7) is 5.92. The van der Waals surface area contributed by atoms with Crippen LogP contribution in [0.1, 0.15) is 24.5 Å². The van der Waals surface area contributed by atoms with Crippen LogP contribution in [0, 0.1) is 13.8 Å². The molecule has 0 aliphatic carbocycles. The van der Waals surface area contributed by atoms with Crippen LogP contribution < -0.4 is 14.9 Å². The van der Waals surface area contributed by atoms with Crippen LogP contribution >= 0.6 is 11.3 Å². The van der Waals surface area contributed by atoms with E-state index in [0.29, 0.717) is 17.9 Å². The number of nitrogens with one attached hydrogen (secondary N) is 1. The third-order valence-corrected chi connectivity index (χ3v) is 5.19. The number of anilines is 1. The minimum Gasteiger partial charge on any atom is -0.481 e. The zero-order chi connectivity index (χ0) is 18.8. The van der Waals surface area contributed by atoms with E-state index >= 15 is 0 Å². The van der Waals surface area contributed by atoms with E-state index in [2.05, 4.69) is 11.4 Å². The van der Waals surface area contributed by atoms with Crippen LogP contribution in [0.4, 0.5) is 5.69 Å². The fraction of sp³-hybridized carbons (Fsp3) is 0.300. The predicted octanol–water partition coefficient (Wildman–Crippen LogP) is 4.01. The third-order valence-electron chi connectivity index (χ3n) is 4.20. The number of carbonyl (C=O) groups is 1. The predicted molar refractivity (Wildman–Crippen MR) is 106 cm³/mol. The Bertz CT molecular complexity index is 999. The molecule has 6 heteroatoms. The average molecular weight is 370 g/mol. The maximum Gasteiger partial charge on any atom is 0.307 e. The van der Waals surface area contributed by atoms with Crippen molar-refractivity contribution < 1.29 is 9.53 Å². The van der Waals surface area contributed by atoms with Crippen LogP contribution in [0.5, 0.6) is 5.75 Å². The molecule has 3 rings (SSSR count). The molecule has 1 unspecified atom stereocenters. The molecule has 1 aromatic heterocycles. The van der Waals surface area contributed by atoms with Gasteiger partial charge in [0.1, 0.15) is 5.75 Å². The second-order valence-electron chi connectivity index (χ2n) is 6.44. The van der Waals surface area contributed by atoms with Crippen LogP contribution in [0.25, 0.3) is 10.2 Å². The van der Waals surface area contributed by atoms with Gasteiger partial charge in [-0.25, -0.2) is 0 Å². The quantitative estimate of drug-likeness (QED) is 0.738. The smallest absolute Gasteiger partial charge is 0.307 e. The molecule has 1 heterocycles. The van der Waals surface area contributed by atoms with Crippen LogP contribution in [0.15, 0.2) is 41.2 Å². The number of fused-ring (bicyclic) bond motifs is 1. The van der Waals surface area contributed by atoms with E-state index in [4.69, 9.17) is 4.74 Å². The highest BCUT2D eigenvalue weighted by Crippen LogP contribution is 2.22. The summed E-state index contributed by atoms with van der Waals surface area (Å²) in [5.74, 6) is 0.496. The maximum atomic E-state index is 12.6. The molecule has 1 N–H and O–H groups in total. The Morgan fingerprint density at radius 2 is 1.88 bits per heavy atom. The summed E-state index contributed by atoms with van der Waals surface area (Å²) in [6, 6.07) is 11.4. The van der Waals surface area contributed by atoms with Crippen LogP contribution in [-0.2, 0) is 11.8 Å². The lowest BCUT2D eigenvalue weighted by Gasteiger charge is -2.18. The summed E-state index contributed by atoms with van der Waals surface area (Å²) in [5.41, 5.74) is 3.71. The Kier molecular flexibility index (Phi) is 5.13. The molecule has 2 aromatic carbocycles. The van der Waals surface area contributed by atoms with Gasteiger partial charge in [0, 0.05) is 12.7 Å². The molecule has 0 spiro atoms. The van der Waals surface area contributed by atoms with Crippen molar-refractivity contribution >= 4 is 33.1 Å². The van der Waals surface area contributed by atoms with Gasteiger partial charge in [-0.3, -0.25) is 9.59 Å². The Hall–Kier alpha value is -2.60. The molecule has 0 saturated heterocycles. The monoisotopic (exact) mass is 370 g/mol. The zero-order valence-corrected chi connectivity index (χ0v) is 16.1. The summed E-state index contributed by atoms with van der Waals surface area (Å²) >= 11 is 1.16. The minimum atomic E-state index is -0.582. The molecule has 5 nitrogen and oxygen atoms in total. The lowest BCUT2D eigenvalue weighted by atomic mass is 10.1. The Labute approximate surface area is 156 Å². The first kappa shape index (κ1) is 18.2. The molecule has 26 heavy (non-hydrogen) atoms. The number of rotatable bonds is 5. The van der Waals surface area contributed by atoms with Crippen molar-refractivity contribution in [1.82, 2.24) is 4.57 Å². The molecule has 0 fully saturated rings. The van der Waals surface area contributed by atoms with Gasteiger partial charge in [0.25, 0.3) is 5.91 Å². The number of nitrogens with zero attached hydrogens (tertiary/aromatic N) is 1. The van der Waals surface area contributed by atoms with E-state index in [1.807, 2.05) is 45.0 Å². The summed E-state index contributed by atoms with van der Waals surface area (Å²) in [7, 11) is 1.74. The SMILES string of the molecule is CCC(Oc1cc(C)cc(C)c1)C(=O)Nc1ccc2c(c1)sc(=O)n2C. The number of benzene rings is 2. The number of thiazole rings is 1. The second kappa shape index (κ2) is 7.33. The molecule has 0 radical (unpaired) electrons. The number of ether oxygens (including phenoxy) is 1. The van der Waals surface area contributed by atoms with Gasteiger partial charge in [-0.05, 0) is 61.7 Å². The first-order valence-electron chi connectivity index (χ1n) is 8.52. The molecule has 0 bridgehead atoms. The van der Waals surface area contributed by atoms with Crippen molar-refractivity contribution in [3.05, 3.63) is 57.2 Å². The van der Waals surface area contributed by atoms with Crippen LogP contribution in [0.2, 0.25) is 0 Å². The lowest BCUT2D eigenvalue weighted by molar-refractivity contribution is -0.122. The van der Waals surface area contributed by atoms with E-state index < -0.39 is 6.10 Å². The van der Waals surface area contributed by atoms with E-state index in [1.54, 1.807) is 17.7 Å². The summed E-state index contributed by atoms with van der Waals surface area (Å²) < 4.78 is 8.35. The first-order valence-corrected chi connectivity index (χ1v) is 9.34. The number of aryl methyl sites for hydroxylation is 3. The Morgan fingerprint density at radius 1 is 1.19 bits per heavy atom. The molecular formula is C20H22N2O3S. The molecule has 0 aliphatic rings. The highest BCUT2D eigenvalue weighted by atomic mass is 32.1. The lowest BCUT2D eigenvalue weighted by Crippen LogP contribution is -2.32. The fourth-order valence-corrected chi connectivity index (χ4v) is 3.84. The van der Waals surface area contributed by atoms with Gasteiger partial charge in [-0.1, -0.05) is 24.3 Å². The molecule has 1 atom stereocenters. The number of aromatic nitrogens is 1. The normalized spacial score (nSPS) is 12.2. The minimum absolute atomic E-state index is 0.0203. The molecule has 136 valence electrons. The average Bonchev–Trinajstić information content (AvgIpc) is 2.85. The molecule has 3 aromatic rings. The highest BCUT2D eigenvalue weighted by molar-refractivity contribution is 7.16. The third kappa shape index (κ3) is 3.80. The topological polar surface area (TPSA) is 60.3 Å². The zero-order valence-electron chi connectivity index (χ0n) is 15.3. The Balaban J connectivity index is 1.77. The summed E-state index contributed by atoms with van der Waals surface area (Å²) in [5, 5.41) is 2.89. The number of hydrogen-bond donors (Lipinski definition) is 1. The highest BCUT2D eigenvalue weighted by Gasteiger charge is 2.19. The van der Waals surface area contributed by atoms with Gasteiger partial charge in [0.15, 0.2) is 6.10 Å². The van der Waals surface area contributed by atoms with Gasteiger partial charge in [-0.15, -0.1) is 0 Å².